The summed E-state index contributed by atoms with van der Waals surface area (Å²) in [6, 6.07) is 5.92. The van der Waals surface area contributed by atoms with Gasteiger partial charge in [-0.3, -0.25) is 4.79 Å². The lowest BCUT2D eigenvalue weighted by atomic mass is 10.2. The van der Waals surface area contributed by atoms with Gasteiger partial charge in [-0.2, -0.15) is 0 Å². The van der Waals surface area contributed by atoms with E-state index in [4.69, 9.17) is 4.74 Å². The Morgan fingerprint density at radius 1 is 1.14 bits per heavy atom. The standard InChI is InChI=1S/C16H19FN2O3/c1-2-22-16(21)19-11-9-18(10-12-19)15(20)8-5-13-3-6-14(17)7-4-13/h3-8H,2,9-12H2,1H3/b8-5+. The zero-order chi connectivity index (χ0) is 15.9. The maximum Gasteiger partial charge on any atom is 0.409 e. The van der Waals surface area contributed by atoms with Crippen LogP contribution >= 0.6 is 0 Å². The quantitative estimate of drug-likeness (QED) is 0.804. The molecule has 1 aliphatic heterocycles. The van der Waals surface area contributed by atoms with E-state index in [1.165, 1.54) is 18.2 Å². The van der Waals surface area contributed by atoms with Crippen LogP contribution in [0.2, 0.25) is 0 Å². The van der Waals surface area contributed by atoms with Crippen LogP contribution < -0.4 is 0 Å². The number of hydrogen-bond acceptors (Lipinski definition) is 3. The third-order valence-electron chi connectivity index (χ3n) is 3.41. The maximum atomic E-state index is 12.8. The summed E-state index contributed by atoms with van der Waals surface area (Å²) in [5.41, 5.74) is 0.764. The summed E-state index contributed by atoms with van der Waals surface area (Å²) >= 11 is 0. The number of halogens is 1. The summed E-state index contributed by atoms with van der Waals surface area (Å²) in [7, 11) is 0. The summed E-state index contributed by atoms with van der Waals surface area (Å²) in [4.78, 5) is 26.9. The fourth-order valence-corrected chi connectivity index (χ4v) is 2.17. The highest BCUT2D eigenvalue weighted by atomic mass is 19.1. The molecule has 1 heterocycles. The first-order chi connectivity index (χ1) is 10.6. The van der Waals surface area contributed by atoms with Gasteiger partial charge in [-0.1, -0.05) is 12.1 Å². The van der Waals surface area contributed by atoms with Gasteiger partial charge < -0.3 is 14.5 Å². The Hall–Kier alpha value is -2.37. The Kier molecular flexibility index (Phi) is 5.52. The summed E-state index contributed by atoms with van der Waals surface area (Å²) in [5.74, 6) is -0.425. The first-order valence-electron chi connectivity index (χ1n) is 7.24. The molecule has 2 amide bonds. The van der Waals surface area contributed by atoms with E-state index in [0.29, 0.717) is 32.8 Å². The van der Waals surface area contributed by atoms with Gasteiger partial charge in [0.05, 0.1) is 6.61 Å². The Bertz CT molecular complexity index is 549. The van der Waals surface area contributed by atoms with E-state index in [9.17, 15) is 14.0 Å². The van der Waals surface area contributed by atoms with E-state index in [0.717, 1.165) is 5.56 Å². The molecule has 0 aliphatic carbocycles. The number of nitrogens with zero attached hydrogens (tertiary/aromatic N) is 2. The minimum atomic E-state index is -0.337. The zero-order valence-corrected chi connectivity index (χ0v) is 12.5. The Labute approximate surface area is 129 Å². The second kappa shape index (κ2) is 7.59. The molecule has 0 N–H and O–H groups in total. The average molecular weight is 306 g/mol. The molecule has 5 nitrogen and oxygen atoms in total. The molecule has 0 unspecified atom stereocenters. The number of benzene rings is 1. The van der Waals surface area contributed by atoms with Gasteiger partial charge in [0.2, 0.25) is 5.91 Å². The third-order valence-corrected chi connectivity index (χ3v) is 3.41. The third kappa shape index (κ3) is 4.31. The Balaban J connectivity index is 1.84. The van der Waals surface area contributed by atoms with Crippen molar-refractivity contribution in [2.45, 2.75) is 6.92 Å². The molecule has 0 bridgehead atoms. The van der Waals surface area contributed by atoms with Crippen molar-refractivity contribution in [2.75, 3.05) is 32.8 Å². The van der Waals surface area contributed by atoms with E-state index in [2.05, 4.69) is 0 Å². The number of carbonyl (C=O) groups is 2. The van der Waals surface area contributed by atoms with E-state index in [-0.39, 0.29) is 17.8 Å². The average Bonchev–Trinajstić information content (AvgIpc) is 2.54. The van der Waals surface area contributed by atoms with Gasteiger partial charge in [-0.15, -0.1) is 0 Å². The fraction of sp³-hybridized carbons (Fsp3) is 0.375. The van der Waals surface area contributed by atoms with Crippen LogP contribution in [-0.2, 0) is 9.53 Å². The second-order valence-electron chi connectivity index (χ2n) is 4.90. The number of piperazine rings is 1. The van der Waals surface area contributed by atoms with Crippen LogP contribution in [0.25, 0.3) is 6.08 Å². The van der Waals surface area contributed by atoms with Gasteiger partial charge in [0.25, 0.3) is 0 Å². The first kappa shape index (κ1) is 16.0. The van der Waals surface area contributed by atoms with Crippen molar-refractivity contribution in [1.82, 2.24) is 9.80 Å². The number of rotatable bonds is 3. The molecule has 1 saturated heterocycles. The van der Waals surface area contributed by atoms with Gasteiger partial charge in [0.15, 0.2) is 0 Å². The SMILES string of the molecule is CCOC(=O)N1CCN(C(=O)/C=C/c2ccc(F)cc2)CC1. The predicted molar refractivity (Wildman–Crippen MR) is 80.6 cm³/mol. The van der Waals surface area contributed by atoms with Crippen LogP contribution in [0.15, 0.2) is 30.3 Å². The molecule has 0 radical (unpaired) electrons. The van der Waals surface area contributed by atoms with Crippen molar-refractivity contribution >= 4 is 18.1 Å². The molecule has 22 heavy (non-hydrogen) atoms. The molecular weight excluding hydrogens is 287 g/mol. The fourth-order valence-electron chi connectivity index (χ4n) is 2.17. The zero-order valence-electron chi connectivity index (χ0n) is 12.5. The second-order valence-corrected chi connectivity index (χ2v) is 4.90. The number of ether oxygens (including phenoxy) is 1. The van der Waals surface area contributed by atoms with E-state index in [1.54, 1.807) is 34.9 Å². The Morgan fingerprint density at radius 3 is 2.32 bits per heavy atom. The summed E-state index contributed by atoms with van der Waals surface area (Å²) in [6.45, 7) is 4.00. The number of carbonyl (C=O) groups excluding carboxylic acids is 2. The van der Waals surface area contributed by atoms with Gasteiger partial charge >= 0.3 is 6.09 Å². The lowest BCUT2D eigenvalue weighted by Crippen LogP contribution is -2.50. The minimum absolute atomic E-state index is 0.118. The molecular formula is C16H19FN2O3. The summed E-state index contributed by atoms with van der Waals surface area (Å²) in [5, 5.41) is 0. The van der Waals surface area contributed by atoms with Crippen molar-refractivity contribution < 1.29 is 18.7 Å². The van der Waals surface area contributed by atoms with Gasteiger partial charge in [-0.05, 0) is 30.7 Å². The van der Waals surface area contributed by atoms with Crippen molar-refractivity contribution in [3.05, 3.63) is 41.7 Å². The highest BCUT2D eigenvalue weighted by Crippen LogP contribution is 2.08. The Morgan fingerprint density at radius 2 is 1.73 bits per heavy atom. The van der Waals surface area contributed by atoms with Crippen molar-refractivity contribution in [3.8, 4) is 0 Å². The van der Waals surface area contributed by atoms with Gasteiger partial charge in [0, 0.05) is 32.3 Å². The molecule has 0 spiro atoms. The van der Waals surface area contributed by atoms with Gasteiger partial charge in [0.1, 0.15) is 5.82 Å². The molecule has 118 valence electrons. The first-order valence-corrected chi connectivity index (χ1v) is 7.24. The van der Waals surface area contributed by atoms with Crippen molar-refractivity contribution in [1.29, 1.82) is 0 Å². The van der Waals surface area contributed by atoms with E-state index < -0.39 is 0 Å². The molecule has 0 aromatic heterocycles. The van der Waals surface area contributed by atoms with Gasteiger partial charge in [-0.25, -0.2) is 9.18 Å². The predicted octanol–water partition coefficient (Wildman–Crippen LogP) is 2.14. The number of amides is 2. The molecule has 1 aliphatic rings. The lowest BCUT2D eigenvalue weighted by Gasteiger charge is -2.33. The molecule has 1 aromatic carbocycles. The van der Waals surface area contributed by atoms with Crippen molar-refractivity contribution in [2.24, 2.45) is 0 Å². The maximum absolute atomic E-state index is 12.8. The molecule has 1 aromatic rings. The molecule has 1 fully saturated rings. The molecule has 0 saturated carbocycles. The normalized spacial score (nSPS) is 15.2. The van der Waals surface area contributed by atoms with Crippen LogP contribution in [0, 0.1) is 5.82 Å². The summed E-state index contributed by atoms with van der Waals surface area (Å²) < 4.78 is 17.7. The van der Waals surface area contributed by atoms with Crippen LogP contribution in [0.5, 0.6) is 0 Å². The smallest absolute Gasteiger partial charge is 0.409 e. The summed E-state index contributed by atoms with van der Waals surface area (Å²) in [6.07, 6.45) is 2.78. The largest absolute Gasteiger partial charge is 0.450 e. The van der Waals surface area contributed by atoms with Crippen molar-refractivity contribution in [3.63, 3.8) is 0 Å². The topological polar surface area (TPSA) is 49.9 Å². The van der Waals surface area contributed by atoms with Crippen LogP contribution in [0.1, 0.15) is 12.5 Å². The minimum Gasteiger partial charge on any atom is -0.450 e. The highest BCUT2D eigenvalue weighted by molar-refractivity contribution is 5.91. The molecule has 6 heteroatoms. The van der Waals surface area contributed by atoms with E-state index >= 15 is 0 Å². The van der Waals surface area contributed by atoms with Crippen LogP contribution in [0.4, 0.5) is 9.18 Å². The molecule has 0 atom stereocenters. The van der Waals surface area contributed by atoms with E-state index in [1.807, 2.05) is 0 Å². The van der Waals surface area contributed by atoms with Crippen LogP contribution in [-0.4, -0.2) is 54.6 Å². The highest BCUT2D eigenvalue weighted by Gasteiger charge is 2.23. The number of hydrogen-bond donors (Lipinski definition) is 0. The monoisotopic (exact) mass is 306 g/mol. The molecule has 2 rings (SSSR count). The lowest BCUT2D eigenvalue weighted by molar-refractivity contribution is -0.127. The van der Waals surface area contributed by atoms with Crippen LogP contribution in [0.3, 0.4) is 0 Å².